The van der Waals surface area contributed by atoms with Crippen molar-refractivity contribution in [3.63, 3.8) is 0 Å². The molecule has 0 amide bonds. The quantitative estimate of drug-likeness (QED) is 0.913. The maximum absolute atomic E-state index is 6.01. The van der Waals surface area contributed by atoms with Crippen LogP contribution in [0, 0.1) is 0 Å². The smallest absolute Gasteiger partial charge is 0.166 e. The fourth-order valence-corrected chi connectivity index (χ4v) is 2.26. The summed E-state index contributed by atoms with van der Waals surface area (Å²) in [7, 11) is 1.59. The largest absolute Gasteiger partial charge is 0.493 e. The van der Waals surface area contributed by atoms with Crippen molar-refractivity contribution in [2.75, 3.05) is 20.3 Å². The molecule has 0 bridgehead atoms. The van der Waals surface area contributed by atoms with Crippen molar-refractivity contribution >= 4 is 11.6 Å². The van der Waals surface area contributed by atoms with E-state index in [4.69, 9.17) is 31.5 Å². The molecule has 1 atom stereocenters. The fourth-order valence-electron chi connectivity index (χ4n) is 2.03. The predicted molar refractivity (Wildman–Crippen MR) is 70.4 cm³/mol. The molecule has 1 fully saturated rings. The number of benzene rings is 1. The van der Waals surface area contributed by atoms with Gasteiger partial charge in [0.1, 0.15) is 6.10 Å². The summed E-state index contributed by atoms with van der Waals surface area (Å²) in [4.78, 5) is 0. The predicted octanol–water partition coefficient (Wildman–Crippen LogP) is 2.37. The molecule has 5 heteroatoms. The van der Waals surface area contributed by atoms with E-state index in [1.807, 2.05) is 6.07 Å². The van der Waals surface area contributed by atoms with Gasteiger partial charge >= 0.3 is 0 Å². The first kappa shape index (κ1) is 13.5. The first-order valence-corrected chi connectivity index (χ1v) is 6.43. The van der Waals surface area contributed by atoms with Crippen LogP contribution in [-0.2, 0) is 11.3 Å². The highest BCUT2D eigenvalue weighted by Crippen LogP contribution is 2.35. The molecule has 4 nitrogen and oxygen atoms in total. The fraction of sp³-hybridized carbons (Fsp3) is 0.538. The Bertz CT molecular complexity index is 380. The number of methoxy groups -OCH3 is 1. The molecule has 1 aromatic carbocycles. The molecule has 100 valence electrons. The monoisotopic (exact) mass is 271 g/mol. The van der Waals surface area contributed by atoms with Gasteiger partial charge in [-0.25, -0.2) is 0 Å². The molecule has 1 aliphatic rings. The summed E-state index contributed by atoms with van der Waals surface area (Å²) in [6.45, 7) is 1.77. The molecule has 18 heavy (non-hydrogen) atoms. The summed E-state index contributed by atoms with van der Waals surface area (Å²) in [6.07, 6.45) is 2.05. The van der Waals surface area contributed by atoms with E-state index in [2.05, 4.69) is 0 Å². The molecular formula is C13H18ClNO3. The Hall–Kier alpha value is -0.970. The van der Waals surface area contributed by atoms with E-state index in [1.54, 1.807) is 13.2 Å². The normalized spacial score (nSPS) is 19.6. The summed E-state index contributed by atoms with van der Waals surface area (Å²) in [5.41, 5.74) is 6.57. The van der Waals surface area contributed by atoms with Crippen LogP contribution in [0.25, 0.3) is 0 Å². The Kier molecular flexibility index (Phi) is 4.69. The van der Waals surface area contributed by atoms with Crippen molar-refractivity contribution < 1.29 is 14.2 Å². The van der Waals surface area contributed by atoms with Gasteiger partial charge in [-0.2, -0.15) is 0 Å². The average Bonchev–Trinajstić information content (AvgIpc) is 2.41. The van der Waals surface area contributed by atoms with Gasteiger partial charge in [0.25, 0.3) is 0 Å². The summed E-state index contributed by atoms with van der Waals surface area (Å²) in [5, 5.41) is 0.597. The van der Waals surface area contributed by atoms with E-state index in [0.29, 0.717) is 29.7 Å². The van der Waals surface area contributed by atoms with Gasteiger partial charge in [-0.05, 0) is 18.9 Å². The number of nitrogens with two attached hydrogens (primary N) is 1. The second-order valence-electron chi connectivity index (χ2n) is 4.26. The zero-order valence-electron chi connectivity index (χ0n) is 10.4. The van der Waals surface area contributed by atoms with Gasteiger partial charge in [-0.1, -0.05) is 11.6 Å². The van der Waals surface area contributed by atoms with Crippen molar-refractivity contribution in [3.8, 4) is 11.5 Å². The minimum absolute atomic E-state index is 0.0547. The van der Waals surface area contributed by atoms with E-state index in [1.165, 1.54) is 0 Å². The Labute approximate surface area is 112 Å². The van der Waals surface area contributed by atoms with Crippen LogP contribution in [0.1, 0.15) is 18.4 Å². The third-order valence-electron chi connectivity index (χ3n) is 2.94. The number of hydrogen-bond acceptors (Lipinski definition) is 4. The van der Waals surface area contributed by atoms with E-state index in [0.717, 1.165) is 25.0 Å². The molecule has 2 N–H and O–H groups in total. The van der Waals surface area contributed by atoms with Crippen LogP contribution in [0.2, 0.25) is 5.02 Å². The topological polar surface area (TPSA) is 53.7 Å². The third kappa shape index (κ3) is 3.07. The molecular weight excluding hydrogens is 254 g/mol. The third-order valence-corrected chi connectivity index (χ3v) is 3.16. The first-order chi connectivity index (χ1) is 8.74. The number of rotatable bonds is 4. The van der Waals surface area contributed by atoms with E-state index >= 15 is 0 Å². The molecule has 1 aliphatic heterocycles. The Morgan fingerprint density at radius 1 is 1.50 bits per heavy atom. The summed E-state index contributed by atoms with van der Waals surface area (Å²) >= 11 is 6.01. The minimum Gasteiger partial charge on any atom is -0.493 e. The van der Waals surface area contributed by atoms with Gasteiger partial charge in [0.15, 0.2) is 11.5 Å². The van der Waals surface area contributed by atoms with Gasteiger partial charge in [-0.15, -0.1) is 0 Å². The molecule has 1 unspecified atom stereocenters. The molecule has 2 rings (SSSR count). The Balaban J connectivity index is 2.23. The van der Waals surface area contributed by atoms with Gasteiger partial charge < -0.3 is 19.9 Å². The molecule has 0 aliphatic carbocycles. The molecule has 1 saturated heterocycles. The Morgan fingerprint density at radius 3 is 2.94 bits per heavy atom. The minimum atomic E-state index is 0.0547. The van der Waals surface area contributed by atoms with Crippen LogP contribution in [0.15, 0.2) is 12.1 Å². The summed E-state index contributed by atoms with van der Waals surface area (Å²) in [6, 6.07) is 3.54. The SMILES string of the molecule is COc1cc(Cl)cc(CN)c1OC1CCCOC1. The molecule has 0 spiro atoms. The summed E-state index contributed by atoms with van der Waals surface area (Å²) < 4.78 is 16.7. The first-order valence-electron chi connectivity index (χ1n) is 6.05. The second kappa shape index (κ2) is 6.27. The summed E-state index contributed by atoms with van der Waals surface area (Å²) in [5.74, 6) is 1.30. The van der Waals surface area contributed by atoms with Crippen molar-refractivity contribution in [3.05, 3.63) is 22.7 Å². The molecule has 0 saturated carbocycles. The van der Waals surface area contributed by atoms with E-state index in [-0.39, 0.29) is 6.10 Å². The van der Waals surface area contributed by atoms with E-state index in [9.17, 15) is 0 Å². The average molecular weight is 272 g/mol. The van der Waals surface area contributed by atoms with Crippen LogP contribution >= 0.6 is 11.6 Å². The van der Waals surface area contributed by atoms with Gasteiger partial charge in [0.2, 0.25) is 0 Å². The standard InChI is InChI=1S/C13H18ClNO3/c1-16-12-6-10(14)5-9(7-15)13(12)18-11-3-2-4-17-8-11/h5-6,11H,2-4,7-8,15H2,1H3. The van der Waals surface area contributed by atoms with Crippen LogP contribution in [0.5, 0.6) is 11.5 Å². The molecule has 0 radical (unpaired) electrons. The molecule has 1 aromatic rings. The van der Waals surface area contributed by atoms with Gasteiger partial charge in [0.05, 0.1) is 13.7 Å². The lowest BCUT2D eigenvalue weighted by Gasteiger charge is -2.25. The van der Waals surface area contributed by atoms with Crippen LogP contribution in [0.3, 0.4) is 0 Å². The highest BCUT2D eigenvalue weighted by Gasteiger charge is 2.20. The maximum atomic E-state index is 6.01. The zero-order valence-corrected chi connectivity index (χ0v) is 11.2. The van der Waals surface area contributed by atoms with Crippen molar-refractivity contribution in [1.29, 1.82) is 0 Å². The molecule has 1 heterocycles. The zero-order chi connectivity index (χ0) is 13.0. The molecule has 0 aromatic heterocycles. The lowest BCUT2D eigenvalue weighted by atomic mass is 10.1. The van der Waals surface area contributed by atoms with Crippen LogP contribution in [-0.4, -0.2) is 26.4 Å². The Morgan fingerprint density at radius 2 is 2.33 bits per heavy atom. The lowest BCUT2D eigenvalue weighted by Crippen LogP contribution is -2.28. The number of halogens is 1. The van der Waals surface area contributed by atoms with Gasteiger partial charge in [0, 0.05) is 29.8 Å². The second-order valence-corrected chi connectivity index (χ2v) is 4.69. The van der Waals surface area contributed by atoms with Gasteiger partial charge in [-0.3, -0.25) is 0 Å². The van der Waals surface area contributed by atoms with Crippen molar-refractivity contribution in [2.24, 2.45) is 5.73 Å². The van der Waals surface area contributed by atoms with Crippen LogP contribution < -0.4 is 15.2 Å². The van der Waals surface area contributed by atoms with Crippen LogP contribution in [0.4, 0.5) is 0 Å². The highest BCUT2D eigenvalue weighted by atomic mass is 35.5. The maximum Gasteiger partial charge on any atom is 0.166 e. The van der Waals surface area contributed by atoms with Crippen molar-refractivity contribution in [1.82, 2.24) is 0 Å². The van der Waals surface area contributed by atoms with Crippen molar-refractivity contribution in [2.45, 2.75) is 25.5 Å². The highest BCUT2D eigenvalue weighted by molar-refractivity contribution is 6.30. The lowest BCUT2D eigenvalue weighted by molar-refractivity contribution is 0.00605. The number of hydrogen-bond donors (Lipinski definition) is 1. The van der Waals surface area contributed by atoms with E-state index < -0.39 is 0 Å². The number of ether oxygens (including phenoxy) is 3.